The summed E-state index contributed by atoms with van der Waals surface area (Å²) >= 11 is 0. The first-order valence-electron chi connectivity index (χ1n) is 5.09. The molecule has 2 heterocycles. The molecule has 0 amide bonds. The number of pyridine rings is 1. The summed E-state index contributed by atoms with van der Waals surface area (Å²) in [5.41, 5.74) is 8.02. The second kappa shape index (κ2) is 4.25. The third-order valence-corrected chi connectivity index (χ3v) is 2.38. The number of hydrogen-bond donors (Lipinski definition) is 2. The van der Waals surface area contributed by atoms with Gasteiger partial charge >= 0.3 is 0 Å². The number of rotatable bonds is 2. The van der Waals surface area contributed by atoms with Crippen molar-refractivity contribution >= 4 is 5.84 Å². The molecule has 0 bridgehead atoms. The molecule has 2 aromatic heterocycles. The van der Waals surface area contributed by atoms with Crippen LogP contribution in [-0.4, -0.2) is 25.8 Å². The van der Waals surface area contributed by atoms with Crippen molar-refractivity contribution in [1.82, 2.24) is 14.8 Å². The molecule has 88 valence electrons. The van der Waals surface area contributed by atoms with Gasteiger partial charge in [-0.3, -0.25) is 0 Å². The molecule has 0 aromatic carbocycles. The summed E-state index contributed by atoms with van der Waals surface area (Å²) < 4.78 is 1.71. The number of hydrogen-bond acceptors (Lipinski definition) is 4. The number of aryl methyl sites for hydroxylation is 2. The third-order valence-electron chi connectivity index (χ3n) is 2.38. The highest BCUT2D eigenvalue weighted by molar-refractivity contribution is 5.97. The number of oxime groups is 1. The van der Waals surface area contributed by atoms with Crippen LogP contribution in [0.2, 0.25) is 0 Å². The highest BCUT2D eigenvalue weighted by Crippen LogP contribution is 2.11. The zero-order chi connectivity index (χ0) is 12.4. The summed E-state index contributed by atoms with van der Waals surface area (Å²) in [7, 11) is 0. The Balaban J connectivity index is 2.50. The van der Waals surface area contributed by atoms with Crippen LogP contribution >= 0.6 is 0 Å². The van der Waals surface area contributed by atoms with Crippen molar-refractivity contribution in [3.63, 3.8) is 0 Å². The minimum atomic E-state index is 0.0511. The van der Waals surface area contributed by atoms with Gasteiger partial charge in [0.25, 0.3) is 0 Å². The Bertz CT molecular complexity index is 573. The van der Waals surface area contributed by atoms with Crippen LogP contribution in [0.1, 0.15) is 17.0 Å². The molecular weight excluding hydrogens is 218 g/mol. The summed E-state index contributed by atoms with van der Waals surface area (Å²) in [5, 5.41) is 15.9. The van der Waals surface area contributed by atoms with E-state index < -0.39 is 0 Å². The van der Waals surface area contributed by atoms with Gasteiger partial charge < -0.3 is 10.9 Å². The molecule has 0 saturated heterocycles. The van der Waals surface area contributed by atoms with Crippen molar-refractivity contribution in [1.29, 1.82) is 0 Å². The van der Waals surface area contributed by atoms with E-state index >= 15 is 0 Å². The van der Waals surface area contributed by atoms with E-state index in [1.165, 1.54) is 0 Å². The Morgan fingerprint density at radius 1 is 1.41 bits per heavy atom. The fourth-order valence-corrected chi connectivity index (χ4v) is 1.61. The van der Waals surface area contributed by atoms with E-state index in [9.17, 15) is 0 Å². The molecule has 3 N–H and O–H groups in total. The predicted octanol–water partition coefficient (Wildman–Crippen LogP) is 0.979. The maximum absolute atomic E-state index is 8.63. The zero-order valence-electron chi connectivity index (χ0n) is 9.62. The molecule has 2 aromatic rings. The van der Waals surface area contributed by atoms with Gasteiger partial charge in [0.15, 0.2) is 11.7 Å². The number of nitrogens with two attached hydrogens (primary N) is 1. The van der Waals surface area contributed by atoms with Crippen LogP contribution in [0.5, 0.6) is 0 Å². The largest absolute Gasteiger partial charge is 0.409 e. The average Bonchev–Trinajstić information content (AvgIpc) is 2.67. The Morgan fingerprint density at radius 3 is 2.76 bits per heavy atom. The molecule has 0 radical (unpaired) electrons. The van der Waals surface area contributed by atoms with E-state index in [1.54, 1.807) is 23.0 Å². The molecule has 0 unspecified atom stereocenters. The lowest BCUT2D eigenvalue weighted by Gasteiger charge is -2.05. The summed E-state index contributed by atoms with van der Waals surface area (Å²) in [6.45, 7) is 3.86. The lowest BCUT2D eigenvalue weighted by atomic mass is 10.2. The molecule has 2 rings (SSSR count). The molecule has 0 atom stereocenters. The predicted molar refractivity (Wildman–Crippen MR) is 63.3 cm³/mol. The summed E-state index contributed by atoms with van der Waals surface area (Å²) in [4.78, 5) is 4.21. The van der Waals surface area contributed by atoms with E-state index in [0.29, 0.717) is 11.4 Å². The van der Waals surface area contributed by atoms with Gasteiger partial charge in [0.2, 0.25) is 0 Å². The first kappa shape index (κ1) is 11.1. The van der Waals surface area contributed by atoms with Crippen LogP contribution in [0.15, 0.2) is 29.6 Å². The second-order valence-corrected chi connectivity index (χ2v) is 3.73. The lowest BCUT2D eigenvalue weighted by molar-refractivity contribution is 0.318. The van der Waals surface area contributed by atoms with E-state index in [-0.39, 0.29) is 5.84 Å². The van der Waals surface area contributed by atoms with E-state index in [1.807, 2.05) is 19.9 Å². The van der Waals surface area contributed by atoms with Gasteiger partial charge in [-0.25, -0.2) is 9.67 Å². The zero-order valence-corrected chi connectivity index (χ0v) is 9.62. The molecule has 6 heteroatoms. The highest BCUT2D eigenvalue weighted by atomic mass is 16.4. The number of amidine groups is 1. The quantitative estimate of drug-likeness (QED) is 0.349. The molecule has 0 spiro atoms. The van der Waals surface area contributed by atoms with Crippen LogP contribution in [0.4, 0.5) is 0 Å². The van der Waals surface area contributed by atoms with E-state index in [0.717, 1.165) is 11.4 Å². The van der Waals surface area contributed by atoms with Gasteiger partial charge in [0, 0.05) is 17.5 Å². The van der Waals surface area contributed by atoms with Crippen molar-refractivity contribution in [2.45, 2.75) is 13.8 Å². The van der Waals surface area contributed by atoms with E-state index in [2.05, 4.69) is 15.2 Å². The molecule has 0 aliphatic rings. The Kier molecular flexibility index (Phi) is 2.78. The van der Waals surface area contributed by atoms with Crippen molar-refractivity contribution < 1.29 is 5.21 Å². The lowest BCUT2D eigenvalue weighted by Crippen LogP contribution is -2.14. The summed E-state index contributed by atoms with van der Waals surface area (Å²) in [6, 6.07) is 5.34. The second-order valence-electron chi connectivity index (χ2n) is 3.73. The molecule has 0 fully saturated rings. The fourth-order valence-electron chi connectivity index (χ4n) is 1.61. The van der Waals surface area contributed by atoms with Gasteiger partial charge in [-0.15, -0.1) is 0 Å². The smallest absolute Gasteiger partial charge is 0.170 e. The molecule has 17 heavy (non-hydrogen) atoms. The first-order valence-corrected chi connectivity index (χ1v) is 5.09. The highest BCUT2D eigenvalue weighted by Gasteiger charge is 2.07. The number of aromatic nitrogens is 3. The standard InChI is InChI=1S/C11H13N5O/c1-7-5-8(2)16(14-7)10-6-9(3-4-13-10)11(12)15-17/h3-6,17H,1-2H3,(H2,12,15). The minimum Gasteiger partial charge on any atom is -0.409 e. The average molecular weight is 231 g/mol. The van der Waals surface area contributed by atoms with Crippen molar-refractivity contribution in [3.8, 4) is 5.82 Å². The van der Waals surface area contributed by atoms with Crippen molar-refractivity contribution in [2.75, 3.05) is 0 Å². The van der Waals surface area contributed by atoms with Crippen molar-refractivity contribution in [2.24, 2.45) is 10.9 Å². The molecular formula is C11H13N5O. The Labute approximate surface area is 98.4 Å². The van der Waals surface area contributed by atoms with Crippen LogP contribution in [0, 0.1) is 13.8 Å². The van der Waals surface area contributed by atoms with Gasteiger partial charge in [0.1, 0.15) is 0 Å². The van der Waals surface area contributed by atoms with Gasteiger partial charge in [-0.2, -0.15) is 5.10 Å². The third kappa shape index (κ3) is 2.10. The Hall–Kier alpha value is -2.37. The van der Waals surface area contributed by atoms with Gasteiger partial charge in [-0.05, 0) is 32.0 Å². The topological polar surface area (TPSA) is 89.3 Å². The maximum Gasteiger partial charge on any atom is 0.170 e. The van der Waals surface area contributed by atoms with Gasteiger partial charge in [-0.1, -0.05) is 5.16 Å². The molecule has 0 aliphatic carbocycles. The monoisotopic (exact) mass is 231 g/mol. The van der Waals surface area contributed by atoms with Gasteiger partial charge in [0.05, 0.1) is 5.69 Å². The summed E-state index contributed by atoms with van der Waals surface area (Å²) in [6.07, 6.45) is 1.60. The van der Waals surface area contributed by atoms with Crippen molar-refractivity contribution in [3.05, 3.63) is 41.3 Å². The maximum atomic E-state index is 8.63. The minimum absolute atomic E-state index is 0.0511. The van der Waals surface area contributed by atoms with E-state index in [4.69, 9.17) is 10.9 Å². The molecule has 0 saturated carbocycles. The number of nitrogens with zero attached hydrogens (tertiary/aromatic N) is 4. The van der Waals surface area contributed by atoms with Crippen LogP contribution < -0.4 is 5.73 Å². The fraction of sp³-hybridized carbons (Fsp3) is 0.182. The molecule has 0 aliphatic heterocycles. The van der Waals surface area contributed by atoms with Crippen LogP contribution in [0.3, 0.4) is 0 Å². The normalized spacial score (nSPS) is 11.8. The van der Waals surface area contributed by atoms with Crippen LogP contribution in [0.25, 0.3) is 5.82 Å². The Morgan fingerprint density at radius 2 is 2.18 bits per heavy atom. The molecule has 6 nitrogen and oxygen atoms in total. The first-order chi connectivity index (χ1) is 8.11. The SMILES string of the molecule is Cc1cc(C)n(-c2cc(/C(N)=N/O)ccn2)n1. The van der Waals surface area contributed by atoms with Crippen LogP contribution in [-0.2, 0) is 0 Å². The summed E-state index contributed by atoms with van der Waals surface area (Å²) in [5.74, 6) is 0.690.